The first-order valence-corrected chi connectivity index (χ1v) is 6.77. The molecule has 1 aliphatic carbocycles. The topological polar surface area (TPSA) is 64.4 Å². The van der Waals surface area contributed by atoms with Gasteiger partial charge in [-0.15, -0.1) is 0 Å². The van der Waals surface area contributed by atoms with Crippen LogP contribution in [0.15, 0.2) is 0 Å². The van der Waals surface area contributed by atoms with Crippen molar-refractivity contribution in [3.05, 3.63) is 0 Å². The molecule has 100 valence electrons. The van der Waals surface area contributed by atoms with E-state index in [1.807, 2.05) is 13.8 Å². The lowest BCUT2D eigenvalue weighted by molar-refractivity contribution is -0.126. The third-order valence-corrected chi connectivity index (χ3v) is 3.52. The summed E-state index contributed by atoms with van der Waals surface area (Å²) < 4.78 is 5.50. The number of hydrogen-bond donors (Lipinski definition) is 2. The summed E-state index contributed by atoms with van der Waals surface area (Å²) in [5.41, 5.74) is 5.29. The number of nitrogens with one attached hydrogen (secondary N) is 1. The molecule has 0 atom stereocenters. The zero-order chi connectivity index (χ0) is 12.7. The number of rotatable bonds is 9. The minimum Gasteiger partial charge on any atom is -0.381 e. The van der Waals surface area contributed by atoms with Crippen molar-refractivity contribution in [3.63, 3.8) is 0 Å². The molecule has 0 aromatic carbocycles. The van der Waals surface area contributed by atoms with Crippen LogP contribution in [0.25, 0.3) is 0 Å². The lowest BCUT2D eigenvalue weighted by Crippen LogP contribution is -2.53. The van der Waals surface area contributed by atoms with Gasteiger partial charge in [0.25, 0.3) is 0 Å². The van der Waals surface area contributed by atoms with Crippen molar-refractivity contribution in [2.45, 2.75) is 51.5 Å². The molecule has 0 aromatic rings. The van der Waals surface area contributed by atoms with E-state index in [2.05, 4.69) is 5.32 Å². The molecule has 1 amide bonds. The van der Waals surface area contributed by atoms with Crippen LogP contribution in [0.5, 0.6) is 0 Å². The molecule has 1 aliphatic rings. The predicted molar refractivity (Wildman–Crippen MR) is 68.7 cm³/mol. The van der Waals surface area contributed by atoms with Crippen LogP contribution in [0, 0.1) is 5.92 Å². The molecule has 0 bridgehead atoms. The molecule has 3 N–H and O–H groups in total. The summed E-state index contributed by atoms with van der Waals surface area (Å²) in [4.78, 5) is 11.8. The molecule has 0 radical (unpaired) electrons. The summed E-state index contributed by atoms with van der Waals surface area (Å²) in [5, 5.41) is 2.88. The van der Waals surface area contributed by atoms with E-state index in [1.54, 1.807) is 0 Å². The Hall–Kier alpha value is -0.610. The number of ether oxygens (including phenoxy) is 1. The molecule has 0 unspecified atom stereocenters. The van der Waals surface area contributed by atoms with Crippen LogP contribution in [0.3, 0.4) is 0 Å². The van der Waals surface area contributed by atoms with Gasteiger partial charge in [0.05, 0.1) is 5.54 Å². The van der Waals surface area contributed by atoms with Crippen molar-refractivity contribution >= 4 is 5.91 Å². The molecular formula is C13H26N2O2. The maximum absolute atomic E-state index is 11.8. The zero-order valence-corrected chi connectivity index (χ0v) is 11.1. The minimum absolute atomic E-state index is 0.0373. The number of hydrogen-bond acceptors (Lipinski definition) is 3. The maximum atomic E-state index is 11.8. The maximum Gasteiger partial charge on any atom is 0.240 e. The second kappa shape index (κ2) is 6.97. The van der Waals surface area contributed by atoms with E-state index < -0.39 is 5.54 Å². The summed E-state index contributed by atoms with van der Waals surface area (Å²) in [7, 11) is 0. The van der Waals surface area contributed by atoms with E-state index in [-0.39, 0.29) is 5.91 Å². The minimum atomic E-state index is -0.700. The van der Waals surface area contributed by atoms with Crippen LogP contribution in [0.4, 0.5) is 0 Å². The van der Waals surface area contributed by atoms with Crippen LogP contribution >= 0.6 is 0 Å². The van der Waals surface area contributed by atoms with Crippen molar-refractivity contribution in [3.8, 4) is 0 Å². The van der Waals surface area contributed by atoms with Gasteiger partial charge in [-0.05, 0) is 38.0 Å². The third kappa shape index (κ3) is 5.04. The van der Waals surface area contributed by atoms with E-state index in [4.69, 9.17) is 10.5 Å². The molecule has 0 heterocycles. The summed E-state index contributed by atoms with van der Waals surface area (Å²) in [5.74, 6) is 0.770. The fourth-order valence-electron chi connectivity index (χ4n) is 1.66. The normalized spacial score (nSPS) is 15.9. The van der Waals surface area contributed by atoms with Crippen LogP contribution in [-0.4, -0.2) is 31.2 Å². The molecular weight excluding hydrogens is 216 g/mol. The Morgan fingerprint density at radius 1 is 1.41 bits per heavy atom. The fraction of sp³-hybridized carbons (Fsp3) is 0.923. The van der Waals surface area contributed by atoms with Gasteiger partial charge in [-0.1, -0.05) is 13.8 Å². The second-order valence-electron chi connectivity index (χ2n) is 4.99. The van der Waals surface area contributed by atoms with Gasteiger partial charge in [-0.3, -0.25) is 4.79 Å². The highest BCUT2D eigenvalue weighted by Crippen LogP contribution is 2.28. The lowest BCUT2D eigenvalue weighted by atomic mass is 9.93. The molecule has 1 rings (SSSR count). The molecule has 1 saturated carbocycles. The molecule has 4 heteroatoms. The quantitative estimate of drug-likeness (QED) is 0.601. The van der Waals surface area contributed by atoms with Gasteiger partial charge in [-0.25, -0.2) is 0 Å². The first-order valence-electron chi connectivity index (χ1n) is 6.77. The van der Waals surface area contributed by atoms with Gasteiger partial charge in [0, 0.05) is 19.8 Å². The molecule has 17 heavy (non-hydrogen) atoms. The fourth-order valence-corrected chi connectivity index (χ4v) is 1.66. The number of nitrogens with two attached hydrogens (primary N) is 1. The van der Waals surface area contributed by atoms with Crippen LogP contribution < -0.4 is 11.1 Å². The van der Waals surface area contributed by atoms with Crippen molar-refractivity contribution in [2.75, 3.05) is 19.8 Å². The van der Waals surface area contributed by atoms with Crippen molar-refractivity contribution in [1.82, 2.24) is 5.32 Å². The Bertz CT molecular complexity index is 236. The molecule has 1 fully saturated rings. The van der Waals surface area contributed by atoms with Crippen LogP contribution in [0.1, 0.15) is 46.0 Å². The second-order valence-corrected chi connectivity index (χ2v) is 4.99. The van der Waals surface area contributed by atoms with E-state index >= 15 is 0 Å². The zero-order valence-electron chi connectivity index (χ0n) is 11.1. The summed E-state index contributed by atoms with van der Waals surface area (Å²) in [6, 6.07) is 0. The highest BCUT2D eigenvalue weighted by Gasteiger charge is 2.29. The molecule has 4 nitrogen and oxygen atoms in total. The summed E-state index contributed by atoms with van der Waals surface area (Å²) >= 11 is 0. The average Bonchev–Trinajstić information content (AvgIpc) is 3.16. The monoisotopic (exact) mass is 242 g/mol. The smallest absolute Gasteiger partial charge is 0.240 e. The van der Waals surface area contributed by atoms with Gasteiger partial charge in [0.1, 0.15) is 0 Å². The Morgan fingerprint density at radius 3 is 2.59 bits per heavy atom. The first-order chi connectivity index (χ1) is 8.12. The average molecular weight is 242 g/mol. The summed E-state index contributed by atoms with van der Waals surface area (Å²) in [6.07, 6.45) is 4.85. The van der Waals surface area contributed by atoms with E-state index in [9.17, 15) is 4.79 Å². The molecule has 0 spiro atoms. The highest BCUT2D eigenvalue weighted by atomic mass is 16.5. The summed E-state index contributed by atoms with van der Waals surface area (Å²) in [6.45, 7) is 6.16. The van der Waals surface area contributed by atoms with Gasteiger partial charge in [0.2, 0.25) is 5.91 Å². The van der Waals surface area contributed by atoms with Crippen molar-refractivity contribution in [2.24, 2.45) is 11.7 Å². The Labute approximate surface area is 104 Å². The Balaban J connectivity index is 2.02. The number of carbonyl (C=O) groups is 1. The molecule has 0 aliphatic heterocycles. The number of carbonyl (C=O) groups excluding carboxylic acids is 1. The van der Waals surface area contributed by atoms with Crippen molar-refractivity contribution in [1.29, 1.82) is 0 Å². The van der Waals surface area contributed by atoms with Gasteiger partial charge < -0.3 is 15.8 Å². The van der Waals surface area contributed by atoms with Gasteiger partial charge in [-0.2, -0.15) is 0 Å². The SMILES string of the molecule is CCC(N)(CC)C(=O)NCCCOCC1CC1. The highest BCUT2D eigenvalue weighted by molar-refractivity contribution is 5.85. The van der Waals surface area contributed by atoms with Crippen molar-refractivity contribution < 1.29 is 9.53 Å². The number of amides is 1. The van der Waals surface area contributed by atoms with Gasteiger partial charge >= 0.3 is 0 Å². The predicted octanol–water partition coefficient (Wildman–Crippen LogP) is 1.44. The molecule has 0 saturated heterocycles. The standard InChI is InChI=1S/C13H26N2O2/c1-3-13(14,4-2)12(16)15-8-5-9-17-10-11-6-7-11/h11H,3-10,14H2,1-2H3,(H,15,16). The first kappa shape index (κ1) is 14.5. The Morgan fingerprint density at radius 2 is 2.06 bits per heavy atom. The molecule has 0 aromatic heterocycles. The van der Waals surface area contributed by atoms with E-state index in [0.29, 0.717) is 19.4 Å². The van der Waals surface area contributed by atoms with Crippen LogP contribution in [-0.2, 0) is 9.53 Å². The van der Waals surface area contributed by atoms with Gasteiger partial charge in [0.15, 0.2) is 0 Å². The lowest BCUT2D eigenvalue weighted by Gasteiger charge is -2.25. The van der Waals surface area contributed by atoms with E-state index in [0.717, 1.165) is 25.6 Å². The van der Waals surface area contributed by atoms with E-state index in [1.165, 1.54) is 12.8 Å². The third-order valence-electron chi connectivity index (χ3n) is 3.52. The van der Waals surface area contributed by atoms with Crippen LogP contribution in [0.2, 0.25) is 0 Å². The Kier molecular flexibility index (Phi) is 5.92. The largest absolute Gasteiger partial charge is 0.381 e.